The first-order chi connectivity index (χ1) is 12.6. The summed E-state index contributed by atoms with van der Waals surface area (Å²) in [5.41, 5.74) is 4.85. The molecule has 26 heavy (non-hydrogen) atoms. The number of carbonyl (C=O) groups is 2. The zero-order valence-electron chi connectivity index (χ0n) is 14.0. The van der Waals surface area contributed by atoms with Crippen LogP contribution in [0.5, 0.6) is 0 Å². The fourth-order valence-corrected chi connectivity index (χ4v) is 2.18. The van der Waals surface area contributed by atoms with Crippen LogP contribution in [0.2, 0.25) is 0 Å². The molecule has 0 bridgehead atoms. The summed E-state index contributed by atoms with van der Waals surface area (Å²) >= 11 is 0. The molecule has 1 aromatic carbocycles. The number of carbonyl (C=O) groups excluding carboxylic acids is 2. The fraction of sp³-hybridized carbons (Fsp3) is 0.0526. The Labute approximate surface area is 149 Å². The molecule has 0 saturated heterocycles. The maximum absolute atomic E-state index is 12.0. The van der Waals surface area contributed by atoms with Crippen molar-refractivity contribution in [3.63, 3.8) is 0 Å². The molecule has 0 aliphatic carbocycles. The molecule has 0 atom stereocenters. The van der Waals surface area contributed by atoms with Crippen LogP contribution in [-0.4, -0.2) is 22.5 Å². The first-order valence-electron chi connectivity index (χ1n) is 7.83. The lowest BCUT2D eigenvalue weighted by molar-refractivity contribution is 0.0953. The number of nitrogens with zero attached hydrogens (tertiary/aromatic N) is 2. The van der Waals surface area contributed by atoms with E-state index in [2.05, 4.69) is 20.8 Å². The molecular formula is C19H16N4O3. The molecule has 130 valence electrons. The Hall–Kier alpha value is -3.74. The molecule has 2 heterocycles. The van der Waals surface area contributed by atoms with Crippen LogP contribution in [0.15, 0.2) is 76.7 Å². The third kappa shape index (κ3) is 4.21. The molecule has 0 aliphatic heterocycles. The Morgan fingerprint density at radius 1 is 1.04 bits per heavy atom. The van der Waals surface area contributed by atoms with Crippen LogP contribution in [0.4, 0.5) is 5.69 Å². The van der Waals surface area contributed by atoms with Crippen molar-refractivity contribution < 1.29 is 14.0 Å². The molecule has 7 heteroatoms. The maximum atomic E-state index is 12.0. The van der Waals surface area contributed by atoms with Crippen LogP contribution in [0.1, 0.15) is 33.4 Å². The quantitative estimate of drug-likeness (QED) is 0.547. The Morgan fingerprint density at radius 3 is 2.62 bits per heavy atom. The Kier molecular flexibility index (Phi) is 5.19. The van der Waals surface area contributed by atoms with E-state index in [1.54, 1.807) is 55.6 Å². The molecule has 0 spiro atoms. The number of rotatable bonds is 5. The Morgan fingerprint density at radius 2 is 1.88 bits per heavy atom. The predicted octanol–water partition coefficient (Wildman–Crippen LogP) is 3.08. The van der Waals surface area contributed by atoms with E-state index in [1.165, 1.54) is 12.5 Å². The van der Waals surface area contributed by atoms with Crippen LogP contribution in [-0.2, 0) is 0 Å². The number of nitrogens with one attached hydrogen (secondary N) is 2. The molecule has 0 radical (unpaired) electrons. The minimum atomic E-state index is -0.347. The lowest BCUT2D eigenvalue weighted by Gasteiger charge is -2.07. The van der Waals surface area contributed by atoms with Crippen molar-refractivity contribution in [1.82, 2.24) is 10.4 Å². The molecule has 3 aromatic rings. The summed E-state index contributed by atoms with van der Waals surface area (Å²) in [6, 6.07) is 13.7. The van der Waals surface area contributed by atoms with Gasteiger partial charge in [-0.25, -0.2) is 5.43 Å². The van der Waals surface area contributed by atoms with Crippen LogP contribution in [0, 0.1) is 0 Å². The molecule has 7 nitrogen and oxygen atoms in total. The third-order valence-electron chi connectivity index (χ3n) is 3.53. The second-order valence-corrected chi connectivity index (χ2v) is 5.39. The van der Waals surface area contributed by atoms with Crippen molar-refractivity contribution in [3.05, 3.63) is 84.1 Å². The van der Waals surface area contributed by atoms with Gasteiger partial charge in [-0.3, -0.25) is 14.6 Å². The van der Waals surface area contributed by atoms with Crippen molar-refractivity contribution in [2.45, 2.75) is 6.92 Å². The highest BCUT2D eigenvalue weighted by atomic mass is 16.3. The van der Waals surface area contributed by atoms with Gasteiger partial charge < -0.3 is 9.73 Å². The lowest BCUT2D eigenvalue weighted by atomic mass is 10.1. The summed E-state index contributed by atoms with van der Waals surface area (Å²) in [5.74, 6) is -0.462. The first kappa shape index (κ1) is 17.1. The Bertz CT molecular complexity index is 934. The van der Waals surface area contributed by atoms with E-state index in [1.807, 2.05) is 6.07 Å². The first-order valence-corrected chi connectivity index (χ1v) is 7.83. The molecule has 3 rings (SSSR count). The number of anilines is 1. The van der Waals surface area contributed by atoms with E-state index in [4.69, 9.17) is 4.42 Å². The van der Waals surface area contributed by atoms with Gasteiger partial charge in [0.25, 0.3) is 11.8 Å². The highest BCUT2D eigenvalue weighted by molar-refractivity contribution is 6.04. The number of pyridine rings is 1. The van der Waals surface area contributed by atoms with Gasteiger partial charge in [-0.05, 0) is 48.9 Å². The van der Waals surface area contributed by atoms with Crippen molar-refractivity contribution in [2.24, 2.45) is 5.10 Å². The molecule has 0 unspecified atom stereocenters. The highest BCUT2D eigenvalue weighted by Gasteiger charge is 2.09. The van der Waals surface area contributed by atoms with Crippen molar-refractivity contribution in [2.75, 3.05) is 5.32 Å². The van der Waals surface area contributed by atoms with Gasteiger partial charge in [0.15, 0.2) is 5.76 Å². The van der Waals surface area contributed by atoms with Gasteiger partial charge >= 0.3 is 0 Å². The number of hydrazone groups is 1. The van der Waals surface area contributed by atoms with Crippen molar-refractivity contribution in [3.8, 4) is 0 Å². The molecule has 0 fully saturated rings. The van der Waals surface area contributed by atoms with E-state index in [0.29, 0.717) is 17.0 Å². The number of aromatic nitrogens is 1. The highest BCUT2D eigenvalue weighted by Crippen LogP contribution is 2.13. The number of hydrogen-bond donors (Lipinski definition) is 2. The van der Waals surface area contributed by atoms with Gasteiger partial charge in [0.1, 0.15) is 0 Å². The van der Waals surface area contributed by atoms with Crippen LogP contribution >= 0.6 is 0 Å². The number of hydrogen-bond acceptors (Lipinski definition) is 5. The minimum Gasteiger partial charge on any atom is -0.459 e. The molecule has 0 saturated carbocycles. The third-order valence-corrected chi connectivity index (χ3v) is 3.53. The zero-order valence-corrected chi connectivity index (χ0v) is 14.0. The van der Waals surface area contributed by atoms with Gasteiger partial charge in [0.05, 0.1) is 17.5 Å². The molecule has 2 aromatic heterocycles. The lowest BCUT2D eigenvalue weighted by Crippen LogP contribution is -2.19. The fourth-order valence-electron chi connectivity index (χ4n) is 2.18. The number of amides is 2. The van der Waals surface area contributed by atoms with Crippen molar-refractivity contribution >= 4 is 23.2 Å². The number of furan rings is 1. The Balaban J connectivity index is 1.68. The SMILES string of the molecule is CC(=NNC(=O)c1cccnc1)c1cccc(NC(=O)c2ccco2)c1. The predicted molar refractivity (Wildman–Crippen MR) is 97.0 cm³/mol. The van der Waals surface area contributed by atoms with Gasteiger partial charge in [-0.2, -0.15) is 5.10 Å². The van der Waals surface area contributed by atoms with Crippen molar-refractivity contribution in [1.29, 1.82) is 0 Å². The van der Waals surface area contributed by atoms with Gasteiger partial charge in [0, 0.05) is 18.1 Å². The summed E-state index contributed by atoms with van der Waals surface area (Å²) in [7, 11) is 0. The van der Waals surface area contributed by atoms with Crippen LogP contribution < -0.4 is 10.7 Å². The normalized spacial score (nSPS) is 11.0. The number of benzene rings is 1. The van der Waals surface area contributed by atoms with Crippen LogP contribution in [0.3, 0.4) is 0 Å². The van der Waals surface area contributed by atoms with E-state index in [0.717, 1.165) is 5.56 Å². The zero-order chi connectivity index (χ0) is 18.4. The smallest absolute Gasteiger partial charge is 0.291 e. The van der Waals surface area contributed by atoms with Gasteiger partial charge in [-0.15, -0.1) is 0 Å². The molecular weight excluding hydrogens is 332 g/mol. The summed E-state index contributed by atoms with van der Waals surface area (Å²) in [6.07, 6.45) is 4.49. The minimum absolute atomic E-state index is 0.226. The molecule has 0 aliphatic rings. The largest absolute Gasteiger partial charge is 0.459 e. The second kappa shape index (κ2) is 7.89. The summed E-state index contributed by atoms with van der Waals surface area (Å²) in [5, 5.41) is 6.85. The summed E-state index contributed by atoms with van der Waals surface area (Å²) in [6.45, 7) is 1.76. The maximum Gasteiger partial charge on any atom is 0.291 e. The standard InChI is InChI=1S/C19H16N4O3/c1-13(22-23-18(24)15-6-3-9-20-12-15)14-5-2-7-16(11-14)21-19(25)17-8-4-10-26-17/h2-12H,1H3,(H,21,25)(H,23,24). The second-order valence-electron chi connectivity index (χ2n) is 5.39. The van der Waals surface area contributed by atoms with Gasteiger partial charge in [-0.1, -0.05) is 12.1 Å². The van der Waals surface area contributed by atoms with Gasteiger partial charge in [0.2, 0.25) is 0 Å². The molecule has 2 amide bonds. The summed E-state index contributed by atoms with van der Waals surface area (Å²) < 4.78 is 5.06. The van der Waals surface area contributed by atoms with E-state index in [-0.39, 0.29) is 17.6 Å². The molecule has 2 N–H and O–H groups in total. The van der Waals surface area contributed by atoms with Crippen LogP contribution in [0.25, 0.3) is 0 Å². The summed E-state index contributed by atoms with van der Waals surface area (Å²) in [4.78, 5) is 27.9. The monoisotopic (exact) mass is 348 g/mol. The van der Waals surface area contributed by atoms with E-state index >= 15 is 0 Å². The van der Waals surface area contributed by atoms with E-state index in [9.17, 15) is 9.59 Å². The van der Waals surface area contributed by atoms with E-state index < -0.39 is 0 Å². The average molecular weight is 348 g/mol. The topological polar surface area (TPSA) is 96.6 Å². The average Bonchev–Trinajstić information content (AvgIpc) is 3.22.